The quantitative estimate of drug-likeness (QED) is 0.622. The van der Waals surface area contributed by atoms with E-state index in [9.17, 15) is 21.6 Å². The van der Waals surface area contributed by atoms with Crippen LogP contribution in [0.2, 0.25) is 0 Å². The normalized spacial score (nSPS) is 14.0. The van der Waals surface area contributed by atoms with Gasteiger partial charge in [-0.2, -0.15) is 0 Å². The second kappa shape index (κ2) is 8.60. The van der Waals surface area contributed by atoms with Crippen LogP contribution >= 0.6 is 0 Å². The largest absolute Gasteiger partial charge is 0.310 e. The molecule has 0 N–H and O–H groups in total. The summed E-state index contributed by atoms with van der Waals surface area (Å²) in [5.74, 6) is -0.363. The van der Waals surface area contributed by atoms with Gasteiger partial charge in [0.2, 0.25) is 26.0 Å². The Labute approximate surface area is 184 Å². The van der Waals surface area contributed by atoms with E-state index in [0.717, 1.165) is 26.0 Å². The fourth-order valence-corrected chi connectivity index (χ4v) is 5.48. The molecule has 2 aromatic carbocycles. The fraction of sp³-hybridized carbons (Fsp3) is 0.381. The number of carbonyl (C=O) groups is 1. The highest BCUT2D eigenvalue weighted by atomic mass is 32.2. The molecule has 1 heterocycles. The van der Waals surface area contributed by atoms with Gasteiger partial charge in [0.25, 0.3) is 0 Å². The van der Waals surface area contributed by atoms with E-state index in [2.05, 4.69) is 0 Å². The third-order valence-electron chi connectivity index (χ3n) is 5.35. The highest BCUT2D eigenvalue weighted by Crippen LogP contribution is 2.32. The number of amides is 1. The molecule has 0 saturated carbocycles. The maximum Gasteiger partial charge on any atom is 0.247 e. The first-order valence-electron chi connectivity index (χ1n) is 9.88. The lowest BCUT2D eigenvalue weighted by Crippen LogP contribution is -2.42. The minimum Gasteiger partial charge on any atom is -0.310 e. The summed E-state index contributed by atoms with van der Waals surface area (Å²) in [5.41, 5.74) is 2.69. The van der Waals surface area contributed by atoms with E-state index in [-0.39, 0.29) is 17.3 Å². The van der Waals surface area contributed by atoms with Crippen LogP contribution in [0.3, 0.4) is 0 Å². The zero-order chi connectivity index (χ0) is 23.0. The Balaban J connectivity index is 1.91. The topological polar surface area (TPSA) is 95.1 Å². The van der Waals surface area contributed by atoms with E-state index >= 15 is 0 Å². The molecule has 0 aromatic heterocycles. The van der Waals surface area contributed by atoms with Gasteiger partial charge in [-0.1, -0.05) is 25.1 Å². The smallest absolute Gasteiger partial charge is 0.247 e. The molecular formula is C21H27N3O5S2. The number of anilines is 2. The number of rotatable bonds is 7. The lowest BCUT2D eigenvalue weighted by atomic mass is 10.1. The Morgan fingerprint density at radius 2 is 1.74 bits per heavy atom. The van der Waals surface area contributed by atoms with Gasteiger partial charge in [-0.25, -0.2) is 21.1 Å². The van der Waals surface area contributed by atoms with Gasteiger partial charge in [0.05, 0.1) is 16.8 Å². The van der Waals surface area contributed by atoms with Crippen LogP contribution in [0.1, 0.15) is 18.1 Å². The van der Waals surface area contributed by atoms with E-state index in [0.29, 0.717) is 30.8 Å². The van der Waals surface area contributed by atoms with Gasteiger partial charge >= 0.3 is 0 Å². The second-order valence-corrected chi connectivity index (χ2v) is 11.7. The molecule has 31 heavy (non-hydrogen) atoms. The predicted molar refractivity (Wildman–Crippen MR) is 121 cm³/mol. The molecule has 0 saturated heterocycles. The average molecular weight is 466 g/mol. The molecule has 1 aliphatic rings. The summed E-state index contributed by atoms with van der Waals surface area (Å²) in [5, 5.41) is 0. The van der Waals surface area contributed by atoms with Gasteiger partial charge in [-0.15, -0.1) is 0 Å². The SMILES string of the molecule is CCc1ccccc1N(CC(=O)N1CCc2cc(S(=O)(=O)N(C)C)ccc21)S(C)(=O)=O. The highest BCUT2D eigenvalue weighted by molar-refractivity contribution is 7.92. The highest BCUT2D eigenvalue weighted by Gasteiger charge is 2.30. The van der Waals surface area contributed by atoms with Crippen molar-refractivity contribution >= 4 is 37.3 Å². The zero-order valence-electron chi connectivity index (χ0n) is 18.1. The molecule has 10 heteroatoms. The Kier molecular flexibility index (Phi) is 6.45. The van der Waals surface area contributed by atoms with Gasteiger partial charge < -0.3 is 4.90 Å². The first-order chi connectivity index (χ1) is 14.5. The Hall–Kier alpha value is -2.43. The summed E-state index contributed by atoms with van der Waals surface area (Å²) < 4.78 is 52.1. The van der Waals surface area contributed by atoms with Gasteiger partial charge in [-0.05, 0) is 48.2 Å². The standard InChI is InChI=1S/C21H27N3O5S2/c1-5-16-8-6-7-9-20(16)24(30(4,26)27)15-21(25)23-13-12-17-14-18(10-11-19(17)23)31(28,29)22(2)3/h6-11,14H,5,12-13,15H2,1-4H3. The van der Waals surface area contributed by atoms with Crippen LogP contribution in [0.5, 0.6) is 0 Å². The summed E-state index contributed by atoms with van der Waals surface area (Å²) >= 11 is 0. The van der Waals surface area contributed by atoms with E-state index in [4.69, 9.17) is 0 Å². The predicted octanol–water partition coefficient (Wildman–Crippen LogP) is 1.85. The van der Waals surface area contributed by atoms with Crippen LogP contribution in [-0.2, 0) is 37.7 Å². The minimum absolute atomic E-state index is 0.167. The third-order valence-corrected chi connectivity index (χ3v) is 8.28. The first kappa shape index (κ1) is 23.2. The van der Waals surface area contributed by atoms with Crippen molar-refractivity contribution in [3.63, 3.8) is 0 Å². The van der Waals surface area contributed by atoms with Crippen molar-refractivity contribution in [2.24, 2.45) is 0 Å². The molecule has 0 fully saturated rings. The molecule has 0 bridgehead atoms. The number of aryl methyl sites for hydroxylation is 1. The Morgan fingerprint density at radius 1 is 1.06 bits per heavy atom. The summed E-state index contributed by atoms with van der Waals surface area (Å²) in [6.07, 6.45) is 2.22. The molecule has 8 nitrogen and oxygen atoms in total. The summed E-state index contributed by atoms with van der Waals surface area (Å²) in [6, 6.07) is 11.8. The number of hydrogen-bond donors (Lipinski definition) is 0. The number of sulfonamides is 2. The molecule has 2 aromatic rings. The van der Waals surface area contributed by atoms with Crippen molar-refractivity contribution in [1.82, 2.24) is 4.31 Å². The lowest BCUT2D eigenvalue weighted by molar-refractivity contribution is -0.117. The maximum atomic E-state index is 13.1. The van der Waals surface area contributed by atoms with Crippen LogP contribution in [0.15, 0.2) is 47.4 Å². The number of para-hydroxylation sites is 1. The van der Waals surface area contributed by atoms with E-state index in [1.165, 1.54) is 25.1 Å². The molecule has 0 aliphatic carbocycles. The summed E-state index contributed by atoms with van der Waals surface area (Å²) in [7, 11) is -4.33. The molecule has 168 valence electrons. The monoisotopic (exact) mass is 465 g/mol. The Morgan fingerprint density at radius 3 is 2.35 bits per heavy atom. The molecule has 0 atom stereocenters. The van der Waals surface area contributed by atoms with E-state index in [1.807, 2.05) is 19.1 Å². The molecule has 0 radical (unpaired) electrons. The van der Waals surface area contributed by atoms with Crippen LogP contribution in [0.25, 0.3) is 0 Å². The molecule has 0 spiro atoms. The fourth-order valence-electron chi connectivity index (χ4n) is 3.65. The molecule has 3 rings (SSSR count). The van der Waals surface area contributed by atoms with Crippen molar-refractivity contribution in [1.29, 1.82) is 0 Å². The maximum absolute atomic E-state index is 13.1. The van der Waals surface area contributed by atoms with Gasteiger partial charge in [0, 0.05) is 26.3 Å². The number of nitrogens with zero attached hydrogens (tertiary/aromatic N) is 3. The molecule has 0 unspecified atom stereocenters. The minimum atomic E-state index is -3.69. The zero-order valence-corrected chi connectivity index (χ0v) is 19.7. The van der Waals surface area contributed by atoms with E-state index in [1.54, 1.807) is 24.3 Å². The summed E-state index contributed by atoms with van der Waals surface area (Å²) in [6.45, 7) is 1.97. The second-order valence-electron chi connectivity index (χ2n) is 7.63. The van der Waals surface area contributed by atoms with Crippen LogP contribution in [0.4, 0.5) is 11.4 Å². The van der Waals surface area contributed by atoms with Crippen LogP contribution < -0.4 is 9.21 Å². The van der Waals surface area contributed by atoms with Crippen molar-refractivity contribution < 1.29 is 21.6 Å². The lowest BCUT2D eigenvalue weighted by Gasteiger charge is -2.27. The van der Waals surface area contributed by atoms with Gasteiger partial charge in [0.15, 0.2) is 0 Å². The summed E-state index contributed by atoms with van der Waals surface area (Å²) in [4.78, 5) is 14.8. The molecule has 1 amide bonds. The van der Waals surface area contributed by atoms with Gasteiger partial charge in [0.1, 0.15) is 6.54 Å². The number of benzene rings is 2. The van der Waals surface area contributed by atoms with Crippen molar-refractivity contribution in [3.05, 3.63) is 53.6 Å². The average Bonchev–Trinajstić information content (AvgIpc) is 3.14. The molecule has 1 aliphatic heterocycles. The van der Waals surface area contributed by atoms with Crippen LogP contribution in [-0.4, -0.2) is 60.5 Å². The molecular weight excluding hydrogens is 438 g/mol. The first-order valence-corrected chi connectivity index (χ1v) is 13.2. The number of hydrogen-bond acceptors (Lipinski definition) is 5. The van der Waals surface area contributed by atoms with Gasteiger partial charge in [-0.3, -0.25) is 9.10 Å². The van der Waals surface area contributed by atoms with Crippen molar-refractivity contribution in [3.8, 4) is 0 Å². The van der Waals surface area contributed by atoms with E-state index < -0.39 is 20.0 Å². The number of carbonyl (C=O) groups excluding carboxylic acids is 1. The van der Waals surface area contributed by atoms with Crippen molar-refractivity contribution in [2.45, 2.75) is 24.7 Å². The van der Waals surface area contributed by atoms with Crippen LogP contribution in [0, 0.1) is 0 Å². The number of fused-ring (bicyclic) bond motifs is 1. The van der Waals surface area contributed by atoms with Crippen molar-refractivity contribution in [2.75, 3.05) is 42.6 Å². The Bertz CT molecular complexity index is 1210. The third kappa shape index (κ3) is 4.60.